The van der Waals surface area contributed by atoms with Crippen LogP contribution in [0.15, 0.2) is 12.1 Å². The van der Waals surface area contributed by atoms with E-state index in [0.717, 1.165) is 22.7 Å². The van der Waals surface area contributed by atoms with Crippen LogP contribution in [0.1, 0.15) is 27.4 Å². The molecule has 1 aromatic rings. The zero-order valence-corrected chi connectivity index (χ0v) is 9.47. The van der Waals surface area contributed by atoms with E-state index in [-0.39, 0.29) is 18.2 Å². The number of hydrogen-bond donors (Lipinski definition) is 0. The van der Waals surface area contributed by atoms with Crippen molar-refractivity contribution >= 4 is 23.0 Å². The summed E-state index contributed by atoms with van der Waals surface area (Å²) in [6.07, 6.45) is 1.48. The number of hydrogen-bond acceptors (Lipinski definition) is 3. The monoisotopic (exact) mass is 223 g/mol. The maximum Gasteiger partial charge on any atom is 0.223 e. The van der Waals surface area contributed by atoms with Crippen molar-refractivity contribution in [3.05, 3.63) is 21.9 Å². The second kappa shape index (κ2) is 4.14. The van der Waals surface area contributed by atoms with Crippen LogP contribution in [-0.4, -0.2) is 29.7 Å². The van der Waals surface area contributed by atoms with E-state index in [9.17, 15) is 9.59 Å². The van der Waals surface area contributed by atoms with E-state index in [1.54, 1.807) is 4.90 Å². The average Bonchev–Trinajstić information content (AvgIpc) is 2.77. The van der Waals surface area contributed by atoms with Crippen LogP contribution in [0.4, 0.5) is 0 Å². The summed E-state index contributed by atoms with van der Waals surface area (Å²) in [6, 6.07) is 3.77. The number of rotatable bonds is 3. The van der Waals surface area contributed by atoms with Crippen molar-refractivity contribution < 1.29 is 9.59 Å². The molecule has 1 aliphatic rings. The first-order valence-corrected chi connectivity index (χ1v) is 5.86. The highest BCUT2D eigenvalue weighted by Crippen LogP contribution is 2.17. The Morgan fingerprint density at radius 3 is 2.87 bits per heavy atom. The lowest BCUT2D eigenvalue weighted by Gasteiger charge is -2.13. The Kier molecular flexibility index (Phi) is 2.86. The Bertz CT molecular complexity index is 397. The van der Waals surface area contributed by atoms with E-state index >= 15 is 0 Å². The maximum absolute atomic E-state index is 11.8. The summed E-state index contributed by atoms with van der Waals surface area (Å²) < 4.78 is 0. The van der Waals surface area contributed by atoms with Gasteiger partial charge in [-0.1, -0.05) is 0 Å². The number of amides is 1. The molecule has 4 heteroatoms. The third kappa shape index (κ3) is 2.26. The van der Waals surface area contributed by atoms with Crippen molar-refractivity contribution in [3.8, 4) is 0 Å². The molecule has 1 amide bonds. The lowest BCUT2D eigenvalue weighted by Crippen LogP contribution is -2.30. The minimum atomic E-state index is 0.0587. The van der Waals surface area contributed by atoms with E-state index in [1.165, 1.54) is 11.3 Å². The lowest BCUT2D eigenvalue weighted by atomic mass is 10.3. The molecule has 1 saturated heterocycles. The fourth-order valence-corrected chi connectivity index (χ4v) is 2.50. The smallest absolute Gasteiger partial charge is 0.223 e. The molecule has 1 aliphatic heterocycles. The van der Waals surface area contributed by atoms with Gasteiger partial charge in [-0.05, 0) is 25.5 Å². The van der Waals surface area contributed by atoms with Crippen molar-refractivity contribution in [1.29, 1.82) is 0 Å². The van der Waals surface area contributed by atoms with Gasteiger partial charge in [0.15, 0.2) is 5.78 Å². The maximum atomic E-state index is 11.8. The molecule has 0 aliphatic carbocycles. The summed E-state index contributed by atoms with van der Waals surface area (Å²) >= 11 is 1.49. The molecule has 2 heterocycles. The number of Topliss-reactive ketones (excluding diaryl/α,β-unsaturated/α-hetero) is 1. The first-order chi connectivity index (χ1) is 7.16. The summed E-state index contributed by atoms with van der Waals surface area (Å²) in [4.78, 5) is 26.6. The van der Waals surface area contributed by atoms with Gasteiger partial charge in [0.1, 0.15) is 0 Å². The number of likely N-dealkylation sites (tertiary alicyclic amines) is 1. The van der Waals surface area contributed by atoms with Crippen LogP contribution in [0, 0.1) is 6.92 Å². The first-order valence-electron chi connectivity index (χ1n) is 5.04. The number of ketones is 1. The largest absolute Gasteiger partial charge is 0.335 e. The highest BCUT2D eigenvalue weighted by Gasteiger charge is 2.23. The summed E-state index contributed by atoms with van der Waals surface area (Å²) in [5, 5.41) is 0. The van der Waals surface area contributed by atoms with Gasteiger partial charge >= 0.3 is 0 Å². The van der Waals surface area contributed by atoms with Crippen molar-refractivity contribution in [3.63, 3.8) is 0 Å². The predicted molar refractivity (Wildman–Crippen MR) is 59.2 cm³/mol. The Morgan fingerprint density at radius 1 is 1.53 bits per heavy atom. The van der Waals surface area contributed by atoms with Gasteiger partial charge in [-0.3, -0.25) is 9.59 Å². The summed E-state index contributed by atoms with van der Waals surface area (Å²) in [7, 11) is 0. The van der Waals surface area contributed by atoms with Gasteiger partial charge in [0.25, 0.3) is 0 Å². The molecule has 0 saturated carbocycles. The molecule has 1 fully saturated rings. The van der Waals surface area contributed by atoms with Crippen LogP contribution in [0.3, 0.4) is 0 Å². The molecule has 3 nitrogen and oxygen atoms in total. The van der Waals surface area contributed by atoms with E-state index in [4.69, 9.17) is 0 Å². The number of nitrogens with zero attached hydrogens (tertiary/aromatic N) is 1. The lowest BCUT2D eigenvalue weighted by molar-refractivity contribution is -0.127. The zero-order valence-electron chi connectivity index (χ0n) is 8.66. The molecule has 0 radical (unpaired) electrons. The molecular weight excluding hydrogens is 210 g/mol. The van der Waals surface area contributed by atoms with Gasteiger partial charge in [0.05, 0.1) is 11.4 Å². The van der Waals surface area contributed by atoms with E-state index in [0.29, 0.717) is 6.42 Å². The second-order valence-electron chi connectivity index (χ2n) is 3.75. The van der Waals surface area contributed by atoms with Crippen molar-refractivity contribution in [2.45, 2.75) is 19.8 Å². The molecule has 80 valence electrons. The summed E-state index contributed by atoms with van der Waals surface area (Å²) in [5.74, 6) is 0.167. The molecule has 0 unspecified atom stereocenters. The predicted octanol–water partition coefficient (Wildman–Crippen LogP) is 1.86. The van der Waals surface area contributed by atoms with Crippen molar-refractivity contribution in [1.82, 2.24) is 4.90 Å². The Morgan fingerprint density at radius 2 is 2.33 bits per heavy atom. The molecular formula is C11H13NO2S. The van der Waals surface area contributed by atoms with Crippen LogP contribution in [-0.2, 0) is 4.79 Å². The summed E-state index contributed by atoms with van der Waals surface area (Å²) in [6.45, 7) is 2.95. The van der Waals surface area contributed by atoms with Gasteiger partial charge in [-0.15, -0.1) is 11.3 Å². The van der Waals surface area contributed by atoms with Gasteiger partial charge in [-0.2, -0.15) is 0 Å². The minimum Gasteiger partial charge on any atom is -0.335 e. The molecule has 0 spiro atoms. The molecule has 15 heavy (non-hydrogen) atoms. The van der Waals surface area contributed by atoms with E-state index in [2.05, 4.69) is 0 Å². The van der Waals surface area contributed by atoms with Crippen molar-refractivity contribution in [2.24, 2.45) is 0 Å². The number of carbonyl (C=O) groups excluding carboxylic acids is 2. The Hall–Kier alpha value is -1.16. The third-order valence-electron chi connectivity index (χ3n) is 2.52. The van der Waals surface area contributed by atoms with Crippen LogP contribution in [0.2, 0.25) is 0 Å². The molecule has 1 aromatic heterocycles. The molecule has 0 bridgehead atoms. The minimum absolute atomic E-state index is 0.0587. The van der Waals surface area contributed by atoms with Crippen LogP contribution < -0.4 is 0 Å². The molecule has 0 aromatic carbocycles. The SMILES string of the molecule is Cc1ccc(C(=O)CN2CCCC2=O)s1. The quantitative estimate of drug-likeness (QED) is 0.733. The number of aryl methyl sites for hydroxylation is 1. The van der Waals surface area contributed by atoms with Crippen LogP contribution in [0.5, 0.6) is 0 Å². The highest BCUT2D eigenvalue weighted by atomic mass is 32.1. The van der Waals surface area contributed by atoms with Crippen LogP contribution >= 0.6 is 11.3 Å². The van der Waals surface area contributed by atoms with Gasteiger partial charge in [-0.25, -0.2) is 0 Å². The van der Waals surface area contributed by atoms with E-state index < -0.39 is 0 Å². The van der Waals surface area contributed by atoms with Crippen molar-refractivity contribution in [2.75, 3.05) is 13.1 Å². The highest BCUT2D eigenvalue weighted by molar-refractivity contribution is 7.14. The third-order valence-corrected chi connectivity index (χ3v) is 3.56. The molecule has 2 rings (SSSR count). The van der Waals surface area contributed by atoms with Gasteiger partial charge < -0.3 is 4.90 Å². The number of thiophene rings is 1. The molecule has 0 N–H and O–H groups in total. The molecule has 0 atom stereocenters. The Balaban J connectivity index is 2.00. The second-order valence-corrected chi connectivity index (χ2v) is 5.04. The fraction of sp³-hybridized carbons (Fsp3) is 0.455. The normalized spacial score (nSPS) is 16.1. The number of carbonyl (C=O) groups is 2. The van der Waals surface area contributed by atoms with Gasteiger partial charge in [0.2, 0.25) is 5.91 Å². The standard InChI is InChI=1S/C11H13NO2S/c1-8-4-5-10(15-8)9(13)7-12-6-2-3-11(12)14/h4-5H,2-3,6-7H2,1H3. The van der Waals surface area contributed by atoms with E-state index in [1.807, 2.05) is 19.1 Å². The first kappa shape index (κ1) is 10.4. The topological polar surface area (TPSA) is 37.4 Å². The fourth-order valence-electron chi connectivity index (χ4n) is 1.71. The Labute approximate surface area is 92.7 Å². The zero-order chi connectivity index (χ0) is 10.8. The van der Waals surface area contributed by atoms with Crippen LogP contribution in [0.25, 0.3) is 0 Å². The van der Waals surface area contributed by atoms with Gasteiger partial charge in [0, 0.05) is 17.8 Å². The average molecular weight is 223 g/mol. The summed E-state index contributed by atoms with van der Waals surface area (Å²) in [5.41, 5.74) is 0.